The third-order valence-electron chi connectivity index (χ3n) is 5.33. The van der Waals surface area contributed by atoms with Gasteiger partial charge in [-0.05, 0) is 68.0 Å². The lowest BCUT2D eigenvalue weighted by Crippen LogP contribution is -2.33. The number of pyridine rings is 1. The fourth-order valence-electron chi connectivity index (χ4n) is 3.77. The highest BCUT2D eigenvalue weighted by atomic mass is 19.1. The summed E-state index contributed by atoms with van der Waals surface area (Å²) >= 11 is 0. The highest BCUT2D eigenvalue weighted by Gasteiger charge is 2.23. The van der Waals surface area contributed by atoms with Crippen LogP contribution < -0.4 is 10.1 Å². The van der Waals surface area contributed by atoms with Gasteiger partial charge in [-0.1, -0.05) is 18.2 Å². The summed E-state index contributed by atoms with van der Waals surface area (Å²) in [5, 5.41) is 3.97. The zero-order valence-electron chi connectivity index (χ0n) is 15.6. The van der Waals surface area contributed by atoms with Crippen molar-refractivity contribution in [1.29, 1.82) is 0 Å². The summed E-state index contributed by atoms with van der Waals surface area (Å²) in [4.78, 5) is 16.5. The number of hydrogen-bond acceptors (Lipinski definition) is 3. The maximum Gasteiger partial charge on any atom is 0.251 e. The van der Waals surface area contributed by atoms with Crippen molar-refractivity contribution in [2.24, 2.45) is 5.92 Å². The van der Waals surface area contributed by atoms with Gasteiger partial charge in [0.25, 0.3) is 5.91 Å². The van der Waals surface area contributed by atoms with Gasteiger partial charge in [0.05, 0.1) is 11.6 Å². The molecule has 1 N–H and O–H groups in total. The number of hydrogen-bond donors (Lipinski definition) is 1. The molecular weight excluding hydrogens is 355 g/mol. The first-order valence-corrected chi connectivity index (χ1v) is 9.73. The molecule has 2 aromatic carbocycles. The van der Waals surface area contributed by atoms with Crippen LogP contribution in [0.1, 0.15) is 36.0 Å². The molecule has 0 radical (unpaired) electrons. The Bertz CT molecular complexity index is 962. The van der Waals surface area contributed by atoms with Gasteiger partial charge in [-0.15, -0.1) is 0 Å². The molecule has 0 bridgehead atoms. The number of aromatic nitrogens is 1. The Labute approximate surface area is 163 Å². The van der Waals surface area contributed by atoms with Gasteiger partial charge in [0.1, 0.15) is 11.6 Å². The van der Waals surface area contributed by atoms with Crippen molar-refractivity contribution < 1.29 is 13.9 Å². The first-order chi connectivity index (χ1) is 13.7. The molecule has 4 rings (SSSR count). The van der Waals surface area contributed by atoms with Crippen molar-refractivity contribution in [3.8, 4) is 5.75 Å². The van der Waals surface area contributed by atoms with Crippen molar-refractivity contribution in [1.82, 2.24) is 10.3 Å². The zero-order valence-corrected chi connectivity index (χ0v) is 15.6. The topological polar surface area (TPSA) is 51.2 Å². The molecule has 4 nitrogen and oxygen atoms in total. The maximum atomic E-state index is 13.2. The molecule has 0 unspecified atom stereocenters. The standard InChI is InChI=1S/C23H23FN2O2/c24-18-5-3-4-17(14-18)23(27)26-15-16-8-10-19(11-9-16)28-22-12-13-25-21-7-2-1-6-20(21)22/h1-7,12-14,16,19H,8-11,15H2,(H,26,27)/t16-,19-. The lowest BCUT2D eigenvalue weighted by atomic mass is 9.87. The summed E-state index contributed by atoms with van der Waals surface area (Å²) in [6.07, 6.45) is 5.87. The first kappa shape index (κ1) is 18.4. The van der Waals surface area contributed by atoms with Gasteiger partial charge in [-0.25, -0.2) is 4.39 Å². The van der Waals surface area contributed by atoms with Crippen molar-refractivity contribution in [2.75, 3.05) is 6.54 Å². The highest BCUT2D eigenvalue weighted by Crippen LogP contribution is 2.30. The lowest BCUT2D eigenvalue weighted by molar-refractivity contribution is 0.0929. The summed E-state index contributed by atoms with van der Waals surface area (Å²) in [6, 6.07) is 15.7. The SMILES string of the molecule is O=C(NC[C@H]1CC[C@H](Oc2ccnc3ccccc23)CC1)c1cccc(F)c1. The fourth-order valence-corrected chi connectivity index (χ4v) is 3.77. The van der Waals surface area contributed by atoms with E-state index in [9.17, 15) is 9.18 Å². The van der Waals surface area contributed by atoms with Gasteiger partial charge in [-0.3, -0.25) is 9.78 Å². The highest BCUT2D eigenvalue weighted by molar-refractivity contribution is 5.94. The molecule has 5 heteroatoms. The summed E-state index contributed by atoms with van der Waals surface area (Å²) < 4.78 is 19.5. The molecule has 0 spiro atoms. The Morgan fingerprint density at radius 3 is 2.71 bits per heavy atom. The van der Waals surface area contributed by atoms with Crippen LogP contribution >= 0.6 is 0 Å². The second-order valence-corrected chi connectivity index (χ2v) is 7.31. The number of carbonyl (C=O) groups excluding carboxylic acids is 1. The second-order valence-electron chi connectivity index (χ2n) is 7.31. The fraction of sp³-hybridized carbons (Fsp3) is 0.304. The number of para-hydroxylation sites is 1. The summed E-state index contributed by atoms with van der Waals surface area (Å²) in [6.45, 7) is 0.611. The Kier molecular flexibility index (Phi) is 5.51. The largest absolute Gasteiger partial charge is 0.490 e. The number of fused-ring (bicyclic) bond motifs is 1. The third-order valence-corrected chi connectivity index (χ3v) is 5.33. The van der Waals surface area contributed by atoms with Crippen LogP contribution in [0.5, 0.6) is 5.75 Å². The van der Waals surface area contributed by atoms with Crippen LogP contribution in [0.3, 0.4) is 0 Å². The Hall–Kier alpha value is -2.95. The average molecular weight is 378 g/mol. The lowest BCUT2D eigenvalue weighted by Gasteiger charge is -2.29. The minimum atomic E-state index is -0.394. The maximum absolute atomic E-state index is 13.2. The Balaban J connectivity index is 1.28. The quantitative estimate of drug-likeness (QED) is 0.698. The Morgan fingerprint density at radius 2 is 1.89 bits per heavy atom. The molecule has 0 aliphatic heterocycles. The predicted octanol–water partition coefficient (Wildman–Crippen LogP) is 4.74. The summed E-state index contributed by atoms with van der Waals surface area (Å²) in [5.41, 5.74) is 1.30. The van der Waals surface area contributed by atoms with E-state index >= 15 is 0 Å². The van der Waals surface area contributed by atoms with Crippen LogP contribution in [0.25, 0.3) is 10.9 Å². The number of carbonyl (C=O) groups is 1. The van der Waals surface area contributed by atoms with Gasteiger partial charge in [0.2, 0.25) is 0 Å². The molecule has 1 aliphatic rings. The molecule has 0 saturated heterocycles. The van der Waals surface area contributed by atoms with E-state index in [4.69, 9.17) is 4.74 Å². The van der Waals surface area contributed by atoms with E-state index in [2.05, 4.69) is 10.3 Å². The number of benzene rings is 2. The molecular formula is C23H23FN2O2. The van der Waals surface area contributed by atoms with Crippen LogP contribution in [0.2, 0.25) is 0 Å². The monoisotopic (exact) mass is 378 g/mol. The van der Waals surface area contributed by atoms with Crippen LogP contribution in [0, 0.1) is 11.7 Å². The molecule has 1 aromatic heterocycles. The van der Waals surface area contributed by atoms with Gasteiger partial charge >= 0.3 is 0 Å². The van der Waals surface area contributed by atoms with Gasteiger partial charge < -0.3 is 10.1 Å². The van der Waals surface area contributed by atoms with Crippen molar-refractivity contribution in [3.63, 3.8) is 0 Å². The van der Waals surface area contributed by atoms with E-state index < -0.39 is 5.82 Å². The van der Waals surface area contributed by atoms with Crippen LogP contribution in [-0.2, 0) is 0 Å². The average Bonchev–Trinajstić information content (AvgIpc) is 2.73. The second kappa shape index (κ2) is 8.38. The number of nitrogens with zero attached hydrogens (tertiary/aromatic N) is 1. The minimum Gasteiger partial charge on any atom is -0.490 e. The summed E-state index contributed by atoms with van der Waals surface area (Å²) in [5.74, 6) is 0.690. The molecule has 1 fully saturated rings. The van der Waals surface area contributed by atoms with Gasteiger partial charge in [-0.2, -0.15) is 0 Å². The Morgan fingerprint density at radius 1 is 1.07 bits per heavy atom. The number of ether oxygens (including phenoxy) is 1. The van der Waals surface area contributed by atoms with Gasteiger partial charge in [0.15, 0.2) is 0 Å². The van der Waals surface area contributed by atoms with Crippen molar-refractivity contribution in [2.45, 2.75) is 31.8 Å². The van der Waals surface area contributed by atoms with E-state index in [1.54, 1.807) is 18.3 Å². The van der Waals surface area contributed by atoms with E-state index in [0.29, 0.717) is 18.0 Å². The van der Waals surface area contributed by atoms with E-state index in [0.717, 1.165) is 42.3 Å². The molecule has 144 valence electrons. The molecule has 3 aromatic rings. The van der Waals surface area contributed by atoms with E-state index in [-0.39, 0.29) is 12.0 Å². The molecule has 1 heterocycles. The number of halogens is 1. The van der Waals surface area contributed by atoms with Crippen molar-refractivity contribution >= 4 is 16.8 Å². The van der Waals surface area contributed by atoms with E-state index in [1.165, 1.54) is 12.1 Å². The van der Waals surface area contributed by atoms with Crippen molar-refractivity contribution in [3.05, 3.63) is 72.2 Å². The zero-order chi connectivity index (χ0) is 19.3. The molecule has 1 amide bonds. The third kappa shape index (κ3) is 4.30. The molecule has 1 saturated carbocycles. The molecule has 1 aliphatic carbocycles. The van der Waals surface area contributed by atoms with Gasteiger partial charge in [0, 0.05) is 23.7 Å². The van der Waals surface area contributed by atoms with Crippen LogP contribution in [-0.4, -0.2) is 23.5 Å². The van der Waals surface area contributed by atoms with Crippen LogP contribution in [0.4, 0.5) is 4.39 Å². The number of nitrogens with one attached hydrogen (secondary N) is 1. The first-order valence-electron chi connectivity index (χ1n) is 9.73. The molecule has 0 atom stereocenters. The normalized spacial score (nSPS) is 19.3. The number of amides is 1. The summed E-state index contributed by atoms with van der Waals surface area (Å²) in [7, 11) is 0. The molecule has 28 heavy (non-hydrogen) atoms. The minimum absolute atomic E-state index is 0.181. The number of rotatable bonds is 5. The smallest absolute Gasteiger partial charge is 0.251 e. The predicted molar refractivity (Wildman–Crippen MR) is 107 cm³/mol. The van der Waals surface area contributed by atoms with E-state index in [1.807, 2.05) is 30.3 Å². The van der Waals surface area contributed by atoms with Crippen LogP contribution in [0.15, 0.2) is 60.8 Å².